The molecule has 110 valence electrons. The van der Waals surface area contributed by atoms with Gasteiger partial charge in [-0.1, -0.05) is 6.07 Å². The summed E-state index contributed by atoms with van der Waals surface area (Å²) in [5, 5.41) is 13.8. The predicted molar refractivity (Wildman–Crippen MR) is 78.9 cm³/mol. The third kappa shape index (κ3) is 3.66. The first-order valence-corrected chi connectivity index (χ1v) is 6.70. The molecule has 21 heavy (non-hydrogen) atoms. The van der Waals surface area contributed by atoms with Crippen molar-refractivity contribution in [3.63, 3.8) is 0 Å². The van der Waals surface area contributed by atoms with E-state index in [1.165, 1.54) is 0 Å². The summed E-state index contributed by atoms with van der Waals surface area (Å²) in [6, 6.07) is 7.30. The molecule has 1 heterocycles. The normalized spacial score (nSPS) is 10.2. The summed E-state index contributed by atoms with van der Waals surface area (Å²) in [6.07, 6.45) is 0. The van der Waals surface area contributed by atoms with E-state index in [1.54, 1.807) is 25.2 Å². The summed E-state index contributed by atoms with van der Waals surface area (Å²) in [7, 11) is 1.72. The van der Waals surface area contributed by atoms with E-state index in [0.717, 1.165) is 12.1 Å². The molecule has 1 aromatic heterocycles. The highest BCUT2D eigenvalue weighted by Gasteiger charge is 2.19. The lowest BCUT2D eigenvalue weighted by molar-refractivity contribution is -0.386. The number of anilines is 1. The van der Waals surface area contributed by atoms with Crippen LogP contribution in [0.5, 0.6) is 5.75 Å². The average molecular weight is 356 g/mol. The van der Waals surface area contributed by atoms with Crippen LogP contribution < -0.4 is 10.1 Å². The van der Waals surface area contributed by atoms with Gasteiger partial charge in [-0.25, -0.2) is 9.37 Å². The second-order valence-corrected chi connectivity index (χ2v) is 4.90. The maximum Gasteiger partial charge on any atom is 0.312 e. The van der Waals surface area contributed by atoms with Crippen LogP contribution in [0.15, 0.2) is 34.8 Å². The third-order valence-electron chi connectivity index (χ3n) is 2.64. The molecule has 1 N–H and O–H groups in total. The Hall–Kier alpha value is -2.22. The Bertz CT molecular complexity index is 682. The Labute approximate surface area is 128 Å². The minimum absolute atomic E-state index is 0.00255. The van der Waals surface area contributed by atoms with Crippen molar-refractivity contribution in [2.75, 3.05) is 12.4 Å². The predicted octanol–water partition coefficient (Wildman–Crippen LogP) is 3.51. The molecule has 0 spiro atoms. The zero-order valence-electron chi connectivity index (χ0n) is 11.0. The van der Waals surface area contributed by atoms with E-state index in [-0.39, 0.29) is 22.5 Å². The molecule has 0 radical (unpaired) electrons. The van der Waals surface area contributed by atoms with Gasteiger partial charge in [0.1, 0.15) is 18.2 Å². The van der Waals surface area contributed by atoms with Crippen LogP contribution in [0.3, 0.4) is 0 Å². The Morgan fingerprint density at radius 2 is 2.24 bits per heavy atom. The van der Waals surface area contributed by atoms with Crippen LogP contribution in [0.4, 0.5) is 15.9 Å². The van der Waals surface area contributed by atoms with Gasteiger partial charge in [0, 0.05) is 19.2 Å². The molecule has 6 nitrogen and oxygen atoms in total. The molecule has 0 saturated heterocycles. The quantitative estimate of drug-likeness (QED) is 0.655. The monoisotopic (exact) mass is 355 g/mol. The summed E-state index contributed by atoms with van der Waals surface area (Å²) in [6.45, 7) is -0.00255. The molecule has 8 heteroatoms. The van der Waals surface area contributed by atoms with Crippen molar-refractivity contribution in [1.82, 2.24) is 4.98 Å². The third-order valence-corrected chi connectivity index (χ3v) is 3.24. The summed E-state index contributed by atoms with van der Waals surface area (Å²) < 4.78 is 18.8. The molecular weight excluding hydrogens is 345 g/mol. The Morgan fingerprint density at radius 1 is 1.48 bits per heavy atom. The number of benzene rings is 1. The second-order valence-electron chi connectivity index (χ2n) is 4.04. The van der Waals surface area contributed by atoms with E-state index in [9.17, 15) is 14.5 Å². The van der Waals surface area contributed by atoms with Crippen molar-refractivity contribution in [1.29, 1.82) is 0 Å². The summed E-state index contributed by atoms with van der Waals surface area (Å²) in [5.74, 6) is -0.127. The summed E-state index contributed by atoms with van der Waals surface area (Å²) >= 11 is 2.91. The van der Waals surface area contributed by atoms with Gasteiger partial charge in [0.2, 0.25) is 5.75 Å². The molecule has 0 atom stereocenters. The van der Waals surface area contributed by atoms with E-state index < -0.39 is 10.7 Å². The van der Waals surface area contributed by atoms with Crippen LogP contribution in [0.25, 0.3) is 0 Å². The van der Waals surface area contributed by atoms with Gasteiger partial charge in [0.15, 0.2) is 0 Å². The molecule has 0 fully saturated rings. The molecule has 1 aromatic carbocycles. The van der Waals surface area contributed by atoms with E-state index in [2.05, 4.69) is 26.2 Å². The molecule has 0 saturated carbocycles. The number of nitrogens with zero attached hydrogens (tertiary/aromatic N) is 2. The summed E-state index contributed by atoms with van der Waals surface area (Å²) in [5.41, 5.74) is 0.257. The first kappa shape index (κ1) is 15.2. The molecule has 0 aliphatic carbocycles. The van der Waals surface area contributed by atoms with Crippen molar-refractivity contribution in [3.05, 3.63) is 56.4 Å². The maximum absolute atomic E-state index is 13.5. The number of pyridine rings is 1. The molecule has 0 aliphatic heterocycles. The zero-order chi connectivity index (χ0) is 15.4. The van der Waals surface area contributed by atoms with E-state index >= 15 is 0 Å². The smallest absolute Gasteiger partial charge is 0.312 e. The fourth-order valence-corrected chi connectivity index (χ4v) is 1.96. The van der Waals surface area contributed by atoms with E-state index in [0.29, 0.717) is 11.5 Å². The fraction of sp³-hybridized carbons (Fsp3) is 0.154. The van der Waals surface area contributed by atoms with Gasteiger partial charge < -0.3 is 10.1 Å². The number of halogens is 2. The first-order valence-electron chi connectivity index (χ1n) is 5.91. The minimum atomic E-state index is -0.632. The van der Waals surface area contributed by atoms with Crippen LogP contribution in [-0.2, 0) is 6.61 Å². The Kier molecular flexibility index (Phi) is 4.69. The van der Waals surface area contributed by atoms with Crippen molar-refractivity contribution in [2.45, 2.75) is 6.61 Å². The number of ether oxygens (including phenoxy) is 1. The largest absolute Gasteiger partial charge is 0.480 e. The Morgan fingerprint density at radius 3 is 2.90 bits per heavy atom. The van der Waals surface area contributed by atoms with Crippen LogP contribution in [0.1, 0.15) is 5.69 Å². The van der Waals surface area contributed by atoms with Crippen LogP contribution in [0.2, 0.25) is 0 Å². The van der Waals surface area contributed by atoms with Crippen LogP contribution in [-0.4, -0.2) is 17.0 Å². The number of rotatable bonds is 5. The van der Waals surface area contributed by atoms with Crippen LogP contribution >= 0.6 is 15.9 Å². The zero-order valence-corrected chi connectivity index (χ0v) is 12.6. The molecule has 2 rings (SSSR count). The minimum Gasteiger partial charge on any atom is -0.480 e. The number of hydrogen-bond acceptors (Lipinski definition) is 5. The van der Waals surface area contributed by atoms with Crippen molar-refractivity contribution >= 4 is 27.4 Å². The number of hydrogen-bond donors (Lipinski definition) is 1. The molecule has 2 aromatic rings. The van der Waals surface area contributed by atoms with Gasteiger partial charge in [-0.15, -0.1) is 0 Å². The van der Waals surface area contributed by atoms with Gasteiger partial charge in [-0.2, -0.15) is 0 Å². The average Bonchev–Trinajstić information content (AvgIpc) is 2.48. The summed E-state index contributed by atoms with van der Waals surface area (Å²) in [4.78, 5) is 14.5. The highest BCUT2D eigenvalue weighted by Crippen LogP contribution is 2.32. The maximum atomic E-state index is 13.5. The second kappa shape index (κ2) is 6.49. The molecule has 0 unspecified atom stereocenters. The highest BCUT2D eigenvalue weighted by molar-refractivity contribution is 9.10. The number of nitro groups is 1. The lowest BCUT2D eigenvalue weighted by atomic mass is 10.3. The molecule has 0 aliphatic rings. The van der Waals surface area contributed by atoms with E-state index in [1.807, 2.05) is 0 Å². The van der Waals surface area contributed by atoms with Crippen molar-refractivity contribution < 1.29 is 14.1 Å². The molecule has 0 amide bonds. The molecular formula is C13H11BrFN3O3. The standard InChI is InChI=1S/C13H11BrFN3O3/c1-16-13-4-2-3-8(17-13)7-21-12-6-10(15)9(14)5-11(12)18(19)20/h2-6H,7H2,1H3,(H,16,17). The lowest BCUT2D eigenvalue weighted by Crippen LogP contribution is -2.03. The lowest BCUT2D eigenvalue weighted by Gasteiger charge is -2.08. The van der Waals surface area contributed by atoms with Crippen molar-refractivity contribution in [3.8, 4) is 5.75 Å². The fourth-order valence-electron chi connectivity index (χ4n) is 1.63. The van der Waals surface area contributed by atoms with Crippen LogP contribution in [0, 0.1) is 15.9 Å². The first-order chi connectivity index (χ1) is 10.0. The van der Waals surface area contributed by atoms with Gasteiger partial charge in [0.05, 0.1) is 15.1 Å². The van der Waals surface area contributed by atoms with Crippen molar-refractivity contribution in [2.24, 2.45) is 0 Å². The Balaban J connectivity index is 2.22. The highest BCUT2D eigenvalue weighted by atomic mass is 79.9. The van der Waals surface area contributed by atoms with Gasteiger partial charge in [0.25, 0.3) is 0 Å². The van der Waals surface area contributed by atoms with Gasteiger partial charge >= 0.3 is 5.69 Å². The van der Waals surface area contributed by atoms with Gasteiger partial charge in [-0.05, 0) is 28.1 Å². The number of nitrogens with one attached hydrogen (secondary N) is 1. The number of aromatic nitrogens is 1. The van der Waals surface area contributed by atoms with E-state index in [4.69, 9.17) is 4.74 Å². The topological polar surface area (TPSA) is 77.3 Å². The SMILES string of the molecule is CNc1cccc(COc2cc(F)c(Br)cc2[N+](=O)[O-])n1. The number of nitro benzene ring substituents is 1. The molecule has 0 bridgehead atoms. The van der Waals surface area contributed by atoms with Gasteiger partial charge in [-0.3, -0.25) is 10.1 Å².